The maximum absolute atomic E-state index is 11.9. The van der Waals surface area contributed by atoms with Crippen molar-refractivity contribution in [2.75, 3.05) is 46.5 Å². The van der Waals surface area contributed by atoms with E-state index in [1.807, 2.05) is 24.3 Å². The molecule has 0 saturated carbocycles. The van der Waals surface area contributed by atoms with E-state index >= 15 is 0 Å². The number of nitrogens with one attached hydrogen (secondary N) is 2. The smallest absolute Gasteiger partial charge is 0.293 e. The third-order valence-corrected chi connectivity index (χ3v) is 6.17. The van der Waals surface area contributed by atoms with E-state index in [4.69, 9.17) is 9.84 Å². The lowest BCUT2D eigenvalue weighted by molar-refractivity contribution is 0.0342. The minimum Gasteiger partial charge on any atom is -0.502 e. The molecule has 1 saturated heterocycles. The molecular formula is C30H36N4O4. The zero-order valence-electron chi connectivity index (χ0n) is 21.8. The molecule has 0 amide bonds. The molecule has 4 N–H and O–H groups in total. The van der Waals surface area contributed by atoms with Gasteiger partial charge in [-0.3, -0.25) is 9.69 Å². The van der Waals surface area contributed by atoms with Crippen LogP contribution in [0.25, 0.3) is 0 Å². The highest BCUT2D eigenvalue weighted by Gasteiger charge is 2.19. The molecule has 1 aromatic heterocycles. The van der Waals surface area contributed by atoms with Gasteiger partial charge in [0.25, 0.3) is 5.56 Å². The van der Waals surface area contributed by atoms with Gasteiger partial charge in [-0.05, 0) is 41.8 Å². The Bertz CT molecular complexity index is 1250. The molecule has 3 aromatic rings. The largest absolute Gasteiger partial charge is 0.502 e. The Kier molecular flexibility index (Phi) is 11.8. The van der Waals surface area contributed by atoms with Crippen LogP contribution >= 0.6 is 0 Å². The van der Waals surface area contributed by atoms with Gasteiger partial charge in [0.2, 0.25) is 5.75 Å². The minimum absolute atomic E-state index is 0.167. The van der Waals surface area contributed by atoms with Gasteiger partial charge in [-0.25, -0.2) is 4.98 Å². The number of H-pyrrole nitrogens is 1. The lowest BCUT2D eigenvalue weighted by Gasteiger charge is -2.26. The van der Waals surface area contributed by atoms with E-state index < -0.39 is 5.56 Å². The van der Waals surface area contributed by atoms with Crippen LogP contribution in [0.1, 0.15) is 33.9 Å². The molecule has 4 rings (SSSR count). The molecule has 1 aliphatic heterocycles. The van der Waals surface area contributed by atoms with E-state index in [0.29, 0.717) is 25.2 Å². The normalized spacial score (nSPS) is 13.9. The number of rotatable bonds is 9. The van der Waals surface area contributed by atoms with Crippen molar-refractivity contribution in [1.29, 1.82) is 0 Å². The van der Waals surface area contributed by atoms with Gasteiger partial charge < -0.3 is 25.3 Å². The van der Waals surface area contributed by atoms with Crippen LogP contribution in [0, 0.1) is 11.8 Å². The first kappa shape index (κ1) is 28.8. The number of aromatic amines is 1. The van der Waals surface area contributed by atoms with Gasteiger partial charge >= 0.3 is 0 Å². The maximum Gasteiger partial charge on any atom is 0.293 e. The van der Waals surface area contributed by atoms with Gasteiger partial charge in [-0.1, -0.05) is 42.2 Å². The van der Waals surface area contributed by atoms with Crippen LogP contribution < -0.4 is 10.9 Å². The van der Waals surface area contributed by atoms with Crippen LogP contribution in [0.5, 0.6) is 5.75 Å². The van der Waals surface area contributed by atoms with Gasteiger partial charge in [0, 0.05) is 56.9 Å². The SMILES string of the molecule is C=CCNCC(Cc1ccc(C#Cc2ccc(CN3CCOCC3)cc2)cc1)c1nc[nH]c(=O)c1O.CO. The quantitative estimate of drug-likeness (QED) is 0.196. The Morgan fingerprint density at radius 3 is 2.29 bits per heavy atom. The van der Waals surface area contributed by atoms with Crippen molar-refractivity contribution in [1.82, 2.24) is 20.2 Å². The molecule has 200 valence electrons. The van der Waals surface area contributed by atoms with Crippen molar-refractivity contribution in [3.05, 3.63) is 106 Å². The second-order valence-corrected chi connectivity index (χ2v) is 8.85. The molecule has 1 atom stereocenters. The molecule has 0 bridgehead atoms. The summed E-state index contributed by atoms with van der Waals surface area (Å²) in [4.78, 5) is 20.9. The Labute approximate surface area is 224 Å². The molecule has 8 heteroatoms. The number of aliphatic hydroxyl groups excluding tert-OH is 1. The van der Waals surface area contributed by atoms with Crippen LogP contribution in [-0.2, 0) is 17.7 Å². The summed E-state index contributed by atoms with van der Waals surface area (Å²) in [5, 5.41) is 20.5. The fourth-order valence-corrected chi connectivity index (χ4v) is 4.19. The number of hydrogen-bond donors (Lipinski definition) is 4. The molecular weight excluding hydrogens is 480 g/mol. The third-order valence-electron chi connectivity index (χ3n) is 6.17. The van der Waals surface area contributed by atoms with E-state index in [2.05, 4.69) is 62.9 Å². The van der Waals surface area contributed by atoms with Crippen LogP contribution in [0.3, 0.4) is 0 Å². The molecule has 1 aliphatic rings. The second kappa shape index (κ2) is 15.5. The lowest BCUT2D eigenvalue weighted by atomic mass is 9.94. The number of hydrogen-bond acceptors (Lipinski definition) is 7. The molecule has 2 heterocycles. The second-order valence-electron chi connectivity index (χ2n) is 8.85. The van der Waals surface area contributed by atoms with Gasteiger partial charge in [-0.2, -0.15) is 0 Å². The summed E-state index contributed by atoms with van der Waals surface area (Å²) in [5.74, 6) is 5.98. The summed E-state index contributed by atoms with van der Waals surface area (Å²) < 4.78 is 5.41. The van der Waals surface area contributed by atoms with Crippen LogP contribution in [0.2, 0.25) is 0 Å². The zero-order chi connectivity index (χ0) is 27.2. The molecule has 0 radical (unpaired) electrons. The summed E-state index contributed by atoms with van der Waals surface area (Å²) in [7, 11) is 1.00. The molecule has 0 spiro atoms. The monoisotopic (exact) mass is 516 g/mol. The standard InChI is InChI=1S/C29H32N4O3.CH4O/c1-2-13-30-19-26(27-28(34)29(35)32-21-31-27)18-24-9-5-22(6-10-24)3-4-23-7-11-25(12-8-23)20-33-14-16-36-17-15-33;1-2/h2,5-12,21,26,30,34H,1,13-20H2,(H,31,32,35);2H,1H3. The van der Waals surface area contributed by atoms with Gasteiger partial charge in [0.1, 0.15) is 0 Å². The first-order valence-electron chi connectivity index (χ1n) is 12.7. The average molecular weight is 517 g/mol. The summed E-state index contributed by atoms with van der Waals surface area (Å²) >= 11 is 0. The van der Waals surface area contributed by atoms with E-state index in [9.17, 15) is 9.90 Å². The topological polar surface area (TPSA) is 111 Å². The Morgan fingerprint density at radius 2 is 1.68 bits per heavy atom. The zero-order valence-corrected chi connectivity index (χ0v) is 21.8. The number of morpholine rings is 1. The number of benzene rings is 2. The van der Waals surface area contributed by atoms with Crippen LogP contribution in [-0.4, -0.2) is 71.6 Å². The van der Waals surface area contributed by atoms with Crippen molar-refractivity contribution >= 4 is 0 Å². The third kappa shape index (κ3) is 8.68. The first-order chi connectivity index (χ1) is 18.6. The number of aromatic nitrogens is 2. The summed E-state index contributed by atoms with van der Waals surface area (Å²) in [6.07, 6.45) is 3.71. The Morgan fingerprint density at radius 1 is 1.08 bits per heavy atom. The predicted molar refractivity (Wildman–Crippen MR) is 149 cm³/mol. The molecule has 2 aromatic carbocycles. The molecule has 8 nitrogen and oxygen atoms in total. The number of nitrogens with zero attached hydrogens (tertiary/aromatic N) is 2. The minimum atomic E-state index is -0.534. The predicted octanol–water partition coefficient (Wildman–Crippen LogP) is 2.42. The molecule has 1 fully saturated rings. The van der Waals surface area contributed by atoms with Crippen molar-refractivity contribution in [2.24, 2.45) is 0 Å². The lowest BCUT2D eigenvalue weighted by Crippen LogP contribution is -2.35. The maximum atomic E-state index is 11.9. The summed E-state index contributed by atoms with van der Waals surface area (Å²) in [6.45, 7) is 9.41. The fraction of sp³-hybridized carbons (Fsp3) is 0.333. The van der Waals surface area contributed by atoms with E-state index in [0.717, 1.165) is 56.6 Å². The Balaban J connectivity index is 0.00000195. The van der Waals surface area contributed by atoms with Gasteiger partial charge in [-0.15, -0.1) is 6.58 Å². The van der Waals surface area contributed by atoms with Crippen molar-refractivity contribution in [3.63, 3.8) is 0 Å². The first-order valence-corrected chi connectivity index (χ1v) is 12.7. The Hall–Kier alpha value is -3.74. The van der Waals surface area contributed by atoms with Gasteiger partial charge in [0.15, 0.2) is 0 Å². The van der Waals surface area contributed by atoms with Crippen molar-refractivity contribution in [2.45, 2.75) is 18.9 Å². The van der Waals surface area contributed by atoms with Crippen molar-refractivity contribution in [3.8, 4) is 17.6 Å². The highest BCUT2D eigenvalue weighted by Crippen LogP contribution is 2.23. The summed E-state index contributed by atoms with van der Waals surface area (Å²) in [6, 6.07) is 16.5. The molecule has 0 aliphatic carbocycles. The van der Waals surface area contributed by atoms with Crippen molar-refractivity contribution < 1.29 is 14.9 Å². The van der Waals surface area contributed by atoms with E-state index in [1.165, 1.54) is 11.9 Å². The van der Waals surface area contributed by atoms with Crippen LogP contribution in [0.15, 0.2) is 72.3 Å². The molecule has 38 heavy (non-hydrogen) atoms. The van der Waals surface area contributed by atoms with E-state index in [1.54, 1.807) is 6.08 Å². The highest BCUT2D eigenvalue weighted by atomic mass is 16.5. The number of aliphatic hydroxyl groups is 1. The molecule has 1 unspecified atom stereocenters. The van der Waals surface area contributed by atoms with E-state index in [-0.39, 0.29) is 11.7 Å². The number of aromatic hydroxyl groups is 1. The number of ether oxygens (including phenoxy) is 1. The highest BCUT2D eigenvalue weighted by molar-refractivity contribution is 5.44. The summed E-state index contributed by atoms with van der Waals surface area (Å²) in [5.41, 5.74) is 4.11. The fourth-order valence-electron chi connectivity index (χ4n) is 4.19. The van der Waals surface area contributed by atoms with Crippen LogP contribution in [0.4, 0.5) is 0 Å². The van der Waals surface area contributed by atoms with Gasteiger partial charge in [0.05, 0.1) is 25.2 Å². The average Bonchev–Trinajstić information content (AvgIpc) is 2.96.